The molecule has 0 aromatic heterocycles. The Morgan fingerprint density at radius 2 is 1.68 bits per heavy atom. The normalized spacial score (nSPS) is 30.9. The molecule has 1 saturated carbocycles. The molecular weight excluding hydrogens is 244 g/mol. The summed E-state index contributed by atoms with van der Waals surface area (Å²) in [5.41, 5.74) is 0.193. The van der Waals surface area contributed by atoms with Crippen LogP contribution in [0.2, 0.25) is 0 Å². The second-order valence-electron chi connectivity index (χ2n) is 6.67. The van der Waals surface area contributed by atoms with E-state index in [9.17, 15) is 9.59 Å². The molecule has 0 aromatic carbocycles. The van der Waals surface area contributed by atoms with Crippen molar-refractivity contribution in [3.8, 4) is 0 Å². The quantitative estimate of drug-likeness (QED) is 0.681. The van der Waals surface area contributed by atoms with Gasteiger partial charge < -0.3 is 15.7 Å². The molecule has 19 heavy (non-hydrogen) atoms. The average molecular weight is 266 g/mol. The molecule has 0 radical (unpaired) electrons. The molecular formula is C14H22N2O3. The van der Waals surface area contributed by atoms with Gasteiger partial charge in [-0.2, -0.15) is 0 Å². The van der Waals surface area contributed by atoms with Crippen molar-refractivity contribution in [1.82, 2.24) is 10.6 Å². The fourth-order valence-corrected chi connectivity index (χ4v) is 2.89. The molecule has 1 fully saturated rings. The van der Waals surface area contributed by atoms with Crippen molar-refractivity contribution in [2.45, 2.75) is 46.2 Å². The third-order valence-electron chi connectivity index (χ3n) is 5.01. The fourth-order valence-electron chi connectivity index (χ4n) is 2.89. The number of urea groups is 1. The number of rotatable bonds is 3. The Morgan fingerprint density at radius 1 is 1.11 bits per heavy atom. The molecule has 2 amide bonds. The van der Waals surface area contributed by atoms with E-state index >= 15 is 0 Å². The summed E-state index contributed by atoms with van der Waals surface area (Å²) >= 11 is 0. The minimum atomic E-state index is -0.842. The van der Waals surface area contributed by atoms with E-state index in [1.807, 2.05) is 0 Å². The number of carboxylic acid groups (broad SMARTS) is 1. The summed E-state index contributed by atoms with van der Waals surface area (Å²) in [4.78, 5) is 22.7. The Balaban J connectivity index is 1.82. The Bertz CT molecular complexity index is 426. The number of carbonyl (C=O) groups is 2. The van der Waals surface area contributed by atoms with Gasteiger partial charge in [0.25, 0.3) is 0 Å². The zero-order chi connectivity index (χ0) is 14.4. The maximum Gasteiger partial charge on any atom is 0.315 e. The fraction of sp³-hybridized carbons (Fsp3) is 0.714. The summed E-state index contributed by atoms with van der Waals surface area (Å²) in [6, 6.07) is -0.254. The number of hydrogen-bond donors (Lipinski definition) is 3. The topological polar surface area (TPSA) is 78.4 Å². The van der Waals surface area contributed by atoms with Gasteiger partial charge in [0, 0.05) is 6.04 Å². The van der Waals surface area contributed by atoms with Crippen LogP contribution in [0.3, 0.4) is 0 Å². The van der Waals surface area contributed by atoms with E-state index < -0.39 is 11.9 Å². The lowest BCUT2D eigenvalue weighted by Gasteiger charge is -2.14. The predicted molar refractivity (Wildman–Crippen MR) is 71.7 cm³/mol. The van der Waals surface area contributed by atoms with Gasteiger partial charge in [-0.15, -0.1) is 0 Å². The van der Waals surface area contributed by atoms with Crippen LogP contribution in [-0.4, -0.2) is 29.2 Å². The van der Waals surface area contributed by atoms with E-state index in [0.717, 1.165) is 0 Å². The molecule has 2 unspecified atom stereocenters. The molecule has 2 aliphatic rings. The summed E-state index contributed by atoms with van der Waals surface area (Å²) in [6.45, 7) is 8.53. The molecule has 106 valence electrons. The smallest absolute Gasteiger partial charge is 0.315 e. The molecule has 2 atom stereocenters. The highest BCUT2D eigenvalue weighted by molar-refractivity contribution is 5.77. The second kappa shape index (κ2) is 4.25. The van der Waals surface area contributed by atoms with E-state index in [1.54, 1.807) is 12.2 Å². The van der Waals surface area contributed by atoms with Crippen LogP contribution in [0, 0.1) is 16.7 Å². The lowest BCUT2D eigenvalue weighted by atomic mass is 10.0. The number of amides is 2. The summed E-state index contributed by atoms with van der Waals surface area (Å²) in [5, 5.41) is 14.7. The van der Waals surface area contributed by atoms with Crippen LogP contribution in [0.1, 0.15) is 34.1 Å². The van der Waals surface area contributed by atoms with Crippen LogP contribution < -0.4 is 10.6 Å². The highest BCUT2D eigenvalue weighted by Crippen LogP contribution is 2.62. The standard InChI is InChI=1S/C14H22N2O3/c1-13(2)11(14(13,3)4)16-12(19)15-9-6-5-8(7-9)10(17)18/h5-6,8-9,11H,7H2,1-4H3,(H,17,18)(H2,15,16,19). The van der Waals surface area contributed by atoms with Crippen LogP contribution in [0.4, 0.5) is 4.79 Å². The van der Waals surface area contributed by atoms with E-state index in [1.165, 1.54) is 0 Å². The zero-order valence-corrected chi connectivity index (χ0v) is 11.9. The van der Waals surface area contributed by atoms with E-state index in [0.29, 0.717) is 6.42 Å². The molecule has 0 heterocycles. The second-order valence-corrected chi connectivity index (χ2v) is 6.67. The molecule has 0 aromatic rings. The highest BCUT2D eigenvalue weighted by Gasteiger charge is 2.65. The first-order valence-corrected chi connectivity index (χ1v) is 6.64. The number of nitrogens with one attached hydrogen (secondary N) is 2. The molecule has 0 aliphatic heterocycles. The largest absolute Gasteiger partial charge is 0.481 e. The first kappa shape index (κ1) is 13.9. The summed E-state index contributed by atoms with van der Waals surface area (Å²) in [5.74, 6) is -1.33. The van der Waals surface area contributed by atoms with Gasteiger partial charge in [0.2, 0.25) is 0 Å². The molecule has 3 N–H and O–H groups in total. The van der Waals surface area contributed by atoms with Gasteiger partial charge in [0.1, 0.15) is 0 Å². The van der Waals surface area contributed by atoms with Gasteiger partial charge in [-0.25, -0.2) is 4.79 Å². The maximum absolute atomic E-state index is 11.9. The Hall–Kier alpha value is -1.52. The first-order valence-electron chi connectivity index (χ1n) is 6.64. The van der Waals surface area contributed by atoms with Gasteiger partial charge in [0.05, 0.1) is 12.0 Å². The SMILES string of the molecule is CC1(C)C(NC(=O)NC2C=CC(C(=O)O)C2)C1(C)C. The Labute approximate surface area is 113 Å². The van der Waals surface area contributed by atoms with Crippen LogP contribution >= 0.6 is 0 Å². The highest BCUT2D eigenvalue weighted by atomic mass is 16.4. The van der Waals surface area contributed by atoms with Crippen molar-refractivity contribution in [3.05, 3.63) is 12.2 Å². The van der Waals surface area contributed by atoms with Gasteiger partial charge in [-0.3, -0.25) is 4.79 Å². The first-order chi connectivity index (χ1) is 8.66. The van der Waals surface area contributed by atoms with Gasteiger partial charge in [-0.1, -0.05) is 39.8 Å². The number of carboxylic acids is 1. The Morgan fingerprint density at radius 3 is 2.11 bits per heavy atom. The summed E-state index contributed by atoms with van der Waals surface area (Å²) < 4.78 is 0. The van der Waals surface area contributed by atoms with Crippen molar-refractivity contribution < 1.29 is 14.7 Å². The average Bonchev–Trinajstić information content (AvgIpc) is 2.70. The van der Waals surface area contributed by atoms with Crippen molar-refractivity contribution in [2.75, 3.05) is 0 Å². The van der Waals surface area contributed by atoms with Crippen LogP contribution in [0.5, 0.6) is 0 Å². The number of aliphatic carboxylic acids is 1. The van der Waals surface area contributed by atoms with E-state index in [2.05, 4.69) is 38.3 Å². The van der Waals surface area contributed by atoms with Crippen molar-refractivity contribution in [3.63, 3.8) is 0 Å². The molecule has 0 bridgehead atoms. The van der Waals surface area contributed by atoms with Crippen LogP contribution in [0.25, 0.3) is 0 Å². The monoisotopic (exact) mass is 266 g/mol. The molecule has 0 saturated heterocycles. The van der Waals surface area contributed by atoms with E-state index in [4.69, 9.17) is 5.11 Å². The minimum absolute atomic E-state index is 0.0967. The minimum Gasteiger partial charge on any atom is -0.481 e. The van der Waals surface area contributed by atoms with Crippen LogP contribution in [0.15, 0.2) is 12.2 Å². The van der Waals surface area contributed by atoms with Crippen molar-refractivity contribution in [1.29, 1.82) is 0 Å². The van der Waals surface area contributed by atoms with Crippen molar-refractivity contribution in [2.24, 2.45) is 16.7 Å². The van der Waals surface area contributed by atoms with Gasteiger partial charge in [-0.05, 0) is 17.3 Å². The maximum atomic E-state index is 11.9. The van der Waals surface area contributed by atoms with Gasteiger partial charge in [0.15, 0.2) is 0 Å². The predicted octanol–water partition coefficient (Wildman–Crippen LogP) is 1.75. The zero-order valence-electron chi connectivity index (χ0n) is 11.9. The summed E-state index contributed by atoms with van der Waals surface area (Å²) in [7, 11) is 0. The number of carbonyl (C=O) groups excluding carboxylic acids is 1. The van der Waals surface area contributed by atoms with Crippen molar-refractivity contribution >= 4 is 12.0 Å². The Kier molecular flexibility index (Phi) is 3.11. The third kappa shape index (κ3) is 2.33. The third-order valence-corrected chi connectivity index (χ3v) is 5.01. The van der Waals surface area contributed by atoms with Gasteiger partial charge >= 0.3 is 12.0 Å². The van der Waals surface area contributed by atoms with E-state index in [-0.39, 0.29) is 28.9 Å². The molecule has 2 rings (SSSR count). The van der Waals surface area contributed by atoms with Crippen LogP contribution in [-0.2, 0) is 4.79 Å². The summed E-state index contributed by atoms with van der Waals surface area (Å²) in [6.07, 6.45) is 3.82. The lowest BCUT2D eigenvalue weighted by Crippen LogP contribution is -2.43. The molecule has 5 heteroatoms. The lowest BCUT2D eigenvalue weighted by molar-refractivity contribution is -0.140. The number of hydrogen-bond acceptors (Lipinski definition) is 2. The molecule has 0 spiro atoms. The molecule has 5 nitrogen and oxygen atoms in total. The molecule has 2 aliphatic carbocycles.